The van der Waals surface area contributed by atoms with Crippen molar-refractivity contribution in [3.63, 3.8) is 0 Å². The Morgan fingerprint density at radius 3 is 2.43 bits per heavy atom. The zero-order valence-electron chi connectivity index (χ0n) is 16.4. The molecule has 1 aromatic heterocycles. The Balaban J connectivity index is 1.60. The predicted octanol–water partition coefficient (Wildman–Crippen LogP) is 5.13. The average Bonchev–Trinajstić information content (AvgIpc) is 2.76. The zero-order valence-corrected chi connectivity index (χ0v) is 17.2. The second-order valence-corrected chi connectivity index (χ2v) is 7.19. The van der Waals surface area contributed by atoms with Crippen LogP contribution in [-0.4, -0.2) is 29.1 Å². The fraction of sp³-hybridized carbons (Fsp3) is 0.217. The number of rotatable bonds is 11. The lowest BCUT2D eigenvalue weighted by atomic mass is 10.0. The van der Waals surface area contributed by atoms with Gasteiger partial charge in [-0.1, -0.05) is 41.9 Å². The highest BCUT2D eigenvalue weighted by atomic mass is 35.5. The number of carboxylic acids is 1. The van der Waals surface area contributed by atoms with Crippen LogP contribution in [0.4, 0.5) is 5.82 Å². The Labute approximate surface area is 180 Å². The summed E-state index contributed by atoms with van der Waals surface area (Å²) in [6, 6.07) is 21.1. The van der Waals surface area contributed by atoms with E-state index < -0.39 is 5.97 Å². The smallest absolute Gasteiger partial charge is 0.317 e. The molecule has 0 spiro atoms. The van der Waals surface area contributed by atoms with Crippen molar-refractivity contribution < 1.29 is 14.6 Å². The summed E-state index contributed by atoms with van der Waals surface area (Å²) in [5.74, 6) is 1.22. The minimum absolute atomic E-state index is 0.0277. The summed E-state index contributed by atoms with van der Waals surface area (Å²) in [7, 11) is 0. The van der Waals surface area contributed by atoms with Crippen LogP contribution in [0.25, 0.3) is 0 Å². The van der Waals surface area contributed by atoms with E-state index in [0.29, 0.717) is 23.1 Å². The van der Waals surface area contributed by atoms with Gasteiger partial charge < -0.3 is 20.5 Å². The molecule has 6 nitrogen and oxygen atoms in total. The number of aliphatic carboxylic acids is 1. The van der Waals surface area contributed by atoms with E-state index in [9.17, 15) is 4.79 Å². The highest BCUT2D eigenvalue weighted by molar-refractivity contribution is 6.30. The molecule has 3 N–H and O–H groups in total. The van der Waals surface area contributed by atoms with E-state index >= 15 is 0 Å². The first-order valence-corrected chi connectivity index (χ1v) is 10.1. The monoisotopic (exact) mass is 425 g/mol. The van der Waals surface area contributed by atoms with Crippen LogP contribution in [0.5, 0.6) is 11.5 Å². The molecule has 0 bridgehead atoms. The van der Waals surface area contributed by atoms with E-state index in [1.54, 1.807) is 30.5 Å². The number of carboxylic acid groups (broad SMARTS) is 1. The molecule has 30 heavy (non-hydrogen) atoms. The SMILES string of the molecule is O=C(O)CNCCCC(Nc1ccc(Oc2ccc(Cl)cc2)cn1)c1ccccc1. The zero-order chi connectivity index (χ0) is 21.2. The molecule has 2 aromatic carbocycles. The van der Waals surface area contributed by atoms with E-state index in [0.717, 1.165) is 24.2 Å². The number of aromatic nitrogens is 1. The second-order valence-electron chi connectivity index (χ2n) is 6.76. The number of hydrogen-bond donors (Lipinski definition) is 3. The van der Waals surface area contributed by atoms with Gasteiger partial charge in [0.15, 0.2) is 0 Å². The normalized spacial score (nSPS) is 11.6. The molecule has 7 heteroatoms. The van der Waals surface area contributed by atoms with Crippen molar-refractivity contribution >= 4 is 23.4 Å². The maximum absolute atomic E-state index is 10.6. The first-order chi connectivity index (χ1) is 14.6. The van der Waals surface area contributed by atoms with Crippen molar-refractivity contribution in [1.82, 2.24) is 10.3 Å². The maximum atomic E-state index is 10.6. The van der Waals surface area contributed by atoms with Gasteiger partial charge in [0.1, 0.15) is 17.3 Å². The summed E-state index contributed by atoms with van der Waals surface area (Å²) in [4.78, 5) is 15.1. The molecule has 0 amide bonds. The molecular weight excluding hydrogens is 402 g/mol. The average molecular weight is 426 g/mol. The number of benzene rings is 2. The van der Waals surface area contributed by atoms with Gasteiger partial charge in [0.25, 0.3) is 0 Å². The highest BCUT2D eigenvalue weighted by Gasteiger charge is 2.12. The number of nitrogens with zero attached hydrogens (tertiary/aromatic N) is 1. The number of ether oxygens (including phenoxy) is 1. The summed E-state index contributed by atoms with van der Waals surface area (Å²) in [6.45, 7) is 0.610. The Hall–Kier alpha value is -3.09. The fourth-order valence-electron chi connectivity index (χ4n) is 2.98. The molecule has 1 heterocycles. The molecule has 3 rings (SSSR count). The second kappa shape index (κ2) is 11.2. The number of nitrogens with one attached hydrogen (secondary N) is 2. The molecule has 156 valence electrons. The molecule has 0 aliphatic heterocycles. The lowest BCUT2D eigenvalue weighted by Gasteiger charge is -2.20. The molecule has 0 saturated heterocycles. The topological polar surface area (TPSA) is 83.5 Å². The number of carbonyl (C=O) groups is 1. The van der Waals surface area contributed by atoms with E-state index in [1.807, 2.05) is 30.3 Å². The van der Waals surface area contributed by atoms with E-state index in [2.05, 4.69) is 27.8 Å². The van der Waals surface area contributed by atoms with Gasteiger partial charge in [-0.05, 0) is 61.3 Å². The van der Waals surface area contributed by atoms with Gasteiger partial charge in [0, 0.05) is 5.02 Å². The van der Waals surface area contributed by atoms with Crippen molar-refractivity contribution in [2.24, 2.45) is 0 Å². The summed E-state index contributed by atoms with van der Waals surface area (Å²) in [5, 5.41) is 15.8. The third-order valence-corrected chi connectivity index (χ3v) is 4.68. The molecule has 1 atom stereocenters. The molecule has 0 aliphatic carbocycles. The molecular formula is C23H24ClN3O3. The van der Waals surface area contributed by atoms with Gasteiger partial charge in [-0.2, -0.15) is 0 Å². The quantitative estimate of drug-likeness (QED) is 0.369. The third-order valence-electron chi connectivity index (χ3n) is 4.43. The molecule has 1 unspecified atom stereocenters. The minimum atomic E-state index is -0.849. The van der Waals surface area contributed by atoms with E-state index in [1.165, 1.54) is 0 Å². The van der Waals surface area contributed by atoms with Gasteiger partial charge >= 0.3 is 5.97 Å². The highest BCUT2D eigenvalue weighted by Crippen LogP contribution is 2.26. The van der Waals surface area contributed by atoms with Crippen molar-refractivity contribution in [3.05, 3.63) is 83.5 Å². The molecule has 0 saturated carbocycles. The fourth-order valence-corrected chi connectivity index (χ4v) is 3.10. The van der Waals surface area contributed by atoms with Gasteiger partial charge in [-0.3, -0.25) is 4.79 Å². The Kier molecular flexibility index (Phi) is 8.06. The van der Waals surface area contributed by atoms with Crippen molar-refractivity contribution in [2.45, 2.75) is 18.9 Å². The Morgan fingerprint density at radius 2 is 1.77 bits per heavy atom. The lowest BCUT2D eigenvalue weighted by molar-refractivity contribution is -0.135. The lowest BCUT2D eigenvalue weighted by Crippen LogP contribution is -2.24. The van der Waals surface area contributed by atoms with Crippen LogP contribution in [0.2, 0.25) is 5.02 Å². The first-order valence-electron chi connectivity index (χ1n) is 9.73. The Morgan fingerprint density at radius 1 is 1.03 bits per heavy atom. The van der Waals surface area contributed by atoms with Crippen LogP contribution < -0.4 is 15.4 Å². The molecule has 0 fully saturated rings. The van der Waals surface area contributed by atoms with E-state index in [4.69, 9.17) is 21.4 Å². The van der Waals surface area contributed by atoms with Crippen molar-refractivity contribution in [2.75, 3.05) is 18.4 Å². The van der Waals surface area contributed by atoms with Crippen LogP contribution in [0.1, 0.15) is 24.4 Å². The number of anilines is 1. The van der Waals surface area contributed by atoms with Gasteiger partial charge in [-0.25, -0.2) is 4.98 Å². The van der Waals surface area contributed by atoms with Crippen LogP contribution in [-0.2, 0) is 4.79 Å². The van der Waals surface area contributed by atoms with Crippen molar-refractivity contribution in [1.29, 1.82) is 0 Å². The molecule has 0 radical (unpaired) electrons. The third kappa shape index (κ3) is 7.06. The first kappa shape index (κ1) is 21.6. The minimum Gasteiger partial charge on any atom is -0.480 e. The van der Waals surface area contributed by atoms with Crippen LogP contribution >= 0.6 is 11.6 Å². The van der Waals surface area contributed by atoms with Gasteiger partial charge in [0.05, 0.1) is 18.8 Å². The predicted molar refractivity (Wildman–Crippen MR) is 118 cm³/mol. The number of pyridine rings is 1. The van der Waals surface area contributed by atoms with Crippen LogP contribution in [0.15, 0.2) is 72.9 Å². The van der Waals surface area contributed by atoms with Crippen LogP contribution in [0, 0.1) is 0 Å². The Bertz CT molecular complexity index is 919. The number of halogens is 1. The van der Waals surface area contributed by atoms with Gasteiger partial charge in [-0.15, -0.1) is 0 Å². The van der Waals surface area contributed by atoms with Crippen LogP contribution in [0.3, 0.4) is 0 Å². The molecule has 0 aliphatic rings. The van der Waals surface area contributed by atoms with Gasteiger partial charge in [0.2, 0.25) is 0 Å². The summed E-state index contributed by atoms with van der Waals surface area (Å²) >= 11 is 5.90. The number of hydrogen-bond acceptors (Lipinski definition) is 5. The molecule has 3 aromatic rings. The van der Waals surface area contributed by atoms with E-state index in [-0.39, 0.29) is 12.6 Å². The summed E-state index contributed by atoms with van der Waals surface area (Å²) in [5.41, 5.74) is 1.15. The standard InChI is InChI=1S/C23H24ClN3O3/c24-18-8-10-19(11-9-18)30-20-12-13-22(26-15-20)27-21(17-5-2-1-3-6-17)7-4-14-25-16-23(28)29/h1-3,5-6,8-13,15,21,25H,4,7,14,16H2,(H,26,27)(H,28,29). The van der Waals surface area contributed by atoms with Crippen molar-refractivity contribution in [3.8, 4) is 11.5 Å². The summed E-state index contributed by atoms with van der Waals surface area (Å²) in [6.07, 6.45) is 3.34. The summed E-state index contributed by atoms with van der Waals surface area (Å²) < 4.78 is 5.78. The maximum Gasteiger partial charge on any atom is 0.317 e. The largest absolute Gasteiger partial charge is 0.480 e.